The van der Waals surface area contributed by atoms with Crippen LogP contribution in [-0.4, -0.2) is 56.6 Å². The standard InChI is InChI=1S/C24H32ClN3O5S/c1-6-33-22-10-8-7-9-21(22)28(34(5,31)32)16-23(29)27(18(4)24(30)26-17(2)3)15-19-11-13-20(25)14-12-19/h7-14,17-18H,6,15-16H2,1-5H3,(H,26,30)/t18-/m1/s1. The van der Waals surface area contributed by atoms with E-state index in [0.29, 0.717) is 17.4 Å². The molecular weight excluding hydrogens is 478 g/mol. The summed E-state index contributed by atoms with van der Waals surface area (Å²) in [6.45, 7) is 7.00. The molecule has 2 rings (SSSR count). The predicted octanol–water partition coefficient (Wildman–Crippen LogP) is 3.45. The molecule has 0 spiro atoms. The number of benzene rings is 2. The zero-order chi connectivity index (χ0) is 25.5. The fourth-order valence-electron chi connectivity index (χ4n) is 3.31. The zero-order valence-electron chi connectivity index (χ0n) is 20.1. The van der Waals surface area contributed by atoms with Crippen LogP contribution in [0.1, 0.15) is 33.3 Å². The molecule has 1 N–H and O–H groups in total. The summed E-state index contributed by atoms with van der Waals surface area (Å²) in [7, 11) is -3.84. The van der Waals surface area contributed by atoms with Gasteiger partial charge in [0.25, 0.3) is 0 Å². The second kappa shape index (κ2) is 12.1. The van der Waals surface area contributed by atoms with Gasteiger partial charge in [-0.15, -0.1) is 0 Å². The van der Waals surface area contributed by atoms with E-state index < -0.39 is 28.5 Å². The molecule has 0 aromatic heterocycles. The molecule has 34 heavy (non-hydrogen) atoms. The second-order valence-corrected chi connectivity index (χ2v) is 10.5. The van der Waals surface area contributed by atoms with Gasteiger partial charge in [-0.2, -0.15) is 0 Å². The van der Waals surface area contributed by atoms with Crippen LogP contribution in [0.2, 0.25) is 5.02 Å². The van der Waals surface area contributed by atoms with E-state index in [1.165, 1.54) is 4.90 Å². The third-order valence-corrected chi connectivity index (χ3v) is 6.36. The Labute approximate surface area is 206 Å². The molecule has 0 saturated carbocycles. The number of sulfonamides is 1. The minimum absolute atomic E-state index is 0.105. The van der Waals surface area contributed by atoms with Gasteiger partial charge in [0.1, 0.15) is 18.3 Å². The quantitative estimate of drug-likeness (QED) is 0.500. The summed E-state index contributed by atoms with van der Waals surface area (Å²) in [4.78, 5) is 27.6. The molecule has 0 aliphatic heterocycles. The molecule has 10 heteroatoms. The average molecular weight is 510 g/mol. The average Bonchev–Trinajstić information content (AvgIpc) is 2.76. The van der Waals surface area contributed by atoms with Crippen LogP contribution in [-0.2, 0) is 26.2 Å². The number of anilines is 1. The number of hydrogen-bond acceptors (Lipinski definition) is 5. The lowest BCUT2D eigenvalue weighted by molar-refractivity contribution is -0.139. The fraction of sp³-hybridized carbons (Fsp3) is 0.417. The second-order valence-electron chi connectivity index (χ2n) is 8.16. The molecule has 1 atom stereocenters. The lowest BCUT2D eigenvalue weighted by atomic mass is 10.1. The number of ether oxygens (including phenoxy) is 1. The summed E-state index contributed by atoms with van der Waals surface area (Å²) < 4.78 is 32.0. The molecule has 0 aliphatic rings. The van der Waals surface area contributed by atoms with Crippen molar-refractivity contribution < 1.29 is 22.7 Å². The van der Waals surface area contributed by atoms with Crippen molar-refractivity contribution in [1.29, 1.82) is 0 Å². The zero-order valence-corrected chi connectivity index (χ0v) is 21.7. The van der Waals surface area contributed by atoms with E-state index in [0.717, 1.165) is 16.1 Å². The van der Waals surface area contributed by atoms with Crippen LogP contribution >= 0.6 is 11.6 Å². The van der Waals surface area contributed by atoms with Crippen LogP contribution in [0.15, 0.2) is 48.5 Å². The minimum atomic E-state index is -3.84. The van der Waals surface area contributed by atoms with Gasteiger partial charge in [-0.05, 0) is 57.5 Å². The molecule has 2 amide bonds. The first-order valence-electron chi connectivity index (χ1n) is 11.0. The van der Waals surface area contributed by atoms with Gasteiger partial charge in [-0.1, -0.05) is 35.9 Å². The Morgan fingerprint density at radius 3 is 2.24 bits per heavy atom. The predicted molar refractivity (Wildman–Crippen MR) is 135 cm³/mol. The Bertz CT molecular complexity index is 1090. The van der Waals surface area contributed by atoms with E-state index in [1.807, 2.05) is 13.8 Å². The summed E-state index contributed by atoms with van der Waals surface area (Å²) >= 11 is 5.98. The molecule has 0 heterocycles. The first-order valence-corrected chi connectivity index (χ1v) is 13.2. The third-order valence-electron chi connectivity index (χ3n) is 4.98. The Morgan fingerprint density at radius 2 is 1.68 bits per heavy atom. The lowest BCUT2D eigenvalue weighted by Crippen LogP contribution is -2.52. The fourth-order valence-corrected chi connectivity index (χ4v) is 4.29. The van der Waals surface area contributed by atoms with Gasteiger partial charge in [0, 0.05) is 17.6 Å². The monoisotopic (exact) mass is 509 g/mol. The maximum absolute atomic E-state index is 13.5. The maximum atomic E-state index is 13.5. The van der Waals surface area contributed by atoms with E-state index >= 15 is 0 Å². The molecule has 0 fully saturated rings. The van der Waals surface area contributed by atoms with E-state index in [4.69, 9.17) is 16.3 Å². The van der Waals surface area contributed by atoms with Crippen molar-refractivity contribution in [2.45, 2.75) is 46.3 Å². The first kappa shape index (κ1) is 27.5. The summed E-state index contributed by atoms with van der Waals surface area (Å²) in [5.74, 6) is -0.519. The highest BCUT2D eigenvalue weighted by Gasteiger charge is 2.31. The van der Waals surface area contributed by atoms with E-state index in [1.54, 1.807) is 62.4 Å². The molecule has 0 bridgehead atoms. The van der Waals surface area contributed by atoms with Gasteiger partial charge in [0.2, 0.25) is 21.8 Å². The third kappa shape index (κ3) is 7.63. The van der Waals surface area contributed by atoms with Crippen molar-refractivity contribution in [2.24, 2.45) is 0 Å². The highest BCUT2D eigenvalue weighted by Crippen LogP contribution is 2.30. The van der Waals surface area contributed by atoms with Gasteiger partial charge in [-0.25, -0.2) is 8.42 Å². The van der Waals surface area contributed by atoms with Gasteiger partial charge in [0.05, 0.1) is 18.6 Å². The summed E-state index contributed by atoms with van der Waals surface area (Å²) in [5, 5.41) is 3.35. The first-order chi connectivity index (χ1) is 15.9. The summed E-state index contributed by atoms with van der Waals surface area (Å²) in [6.07, 6.45) is 1.03. The Balaban J connectivity index is 2.42. The Kier molecular flexibility index (Phi) is 9.76. The molecular formula is C24H32ClN3O5S. The van der Waals surface area contributed by atoms with Crippen molar-refractivity contribution in [2.75, 3.05) is 23.7 Å². The Hall–Kier alpha value is -2.78. The number of hydrogen-bond donors (Lipinski definition) is 1. The van der Waals surface area contributed by atoms with Gasteiger partial charge in [-0.3, -0.25) is 13.9 Å². The molecule has 0 unspecified atom stereocenters. The number of halogens is 1. The number of carbonyl (C=O) groups excluding carboxylic acids is 2. The van der Waals surface area contributed by atoms with Gasteiger partial charge < -0.3 is 15.0 Å². The van der Waals surface area contributed by atoms with Crippen molar-refractivity contribution in [3.63, 3.8) is 0 Å². The van der Waals surface area contributed by atoms with Crippen molar-refractivity contribution in [1.82, 2.24) is 10.2 Å². The van der Waals surface area contributed by atoms with E-state index in [-0.39, 0.29) is 24.2 Å². The van der Waals surface area contributed by atoms with Crippen LogP contribution in [0.5, 0.6) is 5.75 Å². The number of amides is 2. The maximum Gasteiger partial charge on any atom is 0.244 e. The van der Waals surface area contributed by atoms with Crippen molar-refractivity contribution >= 4 is 39.1 Å². The molecule has 0 saturated heterocycles. The summed E-state index contributed by atoms with van der Waals surface area (Å²) in [5.41, 5.74) is 1.01. The van der Waals surface area contributed by atoms with Gasteiger partial charge >= 0.3 is 0 Å². The number of rotatable bonds is 11. The Morgan fingerprint density at radius 1 is 1.06 bits per heavy atom. The summed E-state index contributed by atoms with van der Waals surface area (Å²) in [6, 6.07) is 12.6. The molecule has 0 aliphatic carbocycles. The van der Waals surface area contributed by atoms with E-state index in [9.17, 15) is 18.0 Å². The lowest BCUT2D eigenvalue weighted by Gasteiger charge is -2.32. The molecule has 8 nitrogen and oxygen atoms in total. The van der Waals surface area contributed by atoms with Crippen molar-refractivity contribution in [3.8, 4) is 5.75 Å². The number of para-hydroxylation sites is 2. The SMILES string of the molecule is CCOc1ccccc1N(CC(=O)N(Cc1ccc(Cl)cc1)[C@H](C)C(=O)NC(C)C)S(C)(=O)=O. The molecule has 0 radical (unpaired) electrons. The van der Waals surface area contributed by atoms with E-state index in [2.05, 4.69) is 5.32 Å². The normalized spacial score (nSPS) is 12.2. The largest absolute Gasteiger partial charge is 0.492 e. The molecule has 2 aromatic carbocycles. The van der Waals surface area contributed by atoms with Crippen LogP contribution in [0.25, 0.3) is 0 Å². The van der Waals surface area contributed by atoms with Crippen LogP contribution in [0, 0.1) is 0 Å². The van der Waals surface area contributed by atoms with Crippen LogP contribution < -0.4 is 14.4 Å². The highest BCUT2D eigenvalue weighted by molar-refractivity contribution is 7.92. The number of carbonyl (C=O) groups is 2. The minimum Gasteiger partial charge on any atom is -0.492 e. The van der Waals surface area contributed by atoms with Gasteiger partial charge in [0.15, 0.2) is 0 Å². The van der Waals surface area contributed by atoms with Crippen molar-refractivity contribution in [3.05, 3.63) is 59.1 Å². The van der Waals surface area contributed by atoms with Crippen LogP contribution in [0.3, 0.4) is 0 Å². The topological polar surface area (TPSA) is 96.0 Å². The number of nitrogens with zero attached hydrogens (tertiary/aromatic N) is 2. The van der Waals surface area contributed by atoms with Crippen LogP contribution in [0.4, 0.5) is 5.69 Å². The number of nitrogens with one attached hydrogen (secondary N) is 1. The smallest absolute Gasteiger partial charge is 0.244 e. The molecule has 186 valence electrons. The molecule has 2 aromatic rings. The highest BCUT2D eigenvalue weighted by atomic mass is 35.5.